The lowest BCUT2D eigenvalue weighted by molar-refractivity contribution is -0.124. The SMILES string of the molecule is CC(C)(C)OC(=O)N[C@H]1C[C@H]2O[C@@H]1C[C@@H]2NC(=O)COc1ccc(Cl)c(F)c1. The maximum atomic E-state index is 13.4. The lowest BCUT2D eigenvalue weighted by Crippen LogP contribution is -2.50. The van der Waals surface area contributed by atoms with Crippen molar-refractivity contribution in [2.75, 3.05) is 6.61 Å². The van der Waals surface area contributed by atoms with Gasteiger partial charge in [0.2, 0.25) is 0 Å². The number of rotatable bonds is 5. The minimum Gasteiger partial charge on any atom is -0.484 e. The van der Waals surface area contributed by atoms with Crippen LogP contribution < -0.4 is 15.4 Å². The van der Waals surface area contributed by atoms with E-state index in [1.165, 1.54) is 12.1 Å². The summed E-state index contributed by atoms with van der Waals surface area (Å²) in [5.41, 5.74) is -0.563. The number of ether oxygens (including phenoxy) is 3. The van der Waals surface area contributed by atoms with Crippen LogP contribution in [-0.2, 0) is 14.3 Å². The Hall–Kier alpha value is -2.06. The van der Waals surface area contributed by atoms with E-state index in [2.05, 4.69) is 10.6 Å². The van der Waals surface area contributed by atoms with Crippen LogP contribution in [0.3, 0.4) is 0 Å². The molecule has 2 aliphatic heterocycles. The maximum absolute atomic E-state index is 13.4. The molecule has 2 heterocycles. The molecule has 7 nitrogen and oxygen atoms in total. The molecule has 4 atom stereocenters. The fraction of sp³-hybridized carbons (Fsp3) is 0.579. The van der Waals surface area contributed by atoms with Gasteiger partial charge < -0.3 is 24.8 Å². The summed E-state index contributed by atoms with van der Waals surface area (Å²) in [6.45, 7) is 5.16. The highest BCUT2D eigenvalue weighted by Crippen LogP contribution is 2.35. The van der Waals surface area contributed by atoms with Gasteiger partial charge in [0.25, 0.3) is 5.91 Å². The summed E-state index contributed by atoms with van der Waals surface area (Å²) in [5, 5.41) is 5.68. The Morgan fingerprint density at radius 2 is 1.86 bits per heavy atom. The highest BCUT2D eigenvalue weighted by Gasteiger charge is 2.48. The van der Waals surface area contributed by atoms with Gasteiger partial charge in [-0.2, -0.15) is 0 Å². The van der Waals surface area contributed by atoms with E-state index in [0.717, 1.165) is 6.07 Å². The molecule has 0 spiro atoms. The third-order valence-electron chi connectivity index (χ3n) is 4.53. The summed E-state index contributed by atoms with van der Waals surface area (Å²) in [7, 11) is 0. The minimum absolute atomic E-state index is 0.00882. The van der Waals surface area contributed by atoms with E-state index in [9.17, 15) is 14.0 Å². The van der Waals surface area contributed by atoms with Crippen molar-refractivity contribution in [2.24, 2.45) is 0 Å². The number of nitrogens with one attached hydrogen (secondary N) is 2. The van der Waals surface area contributed by atoms with Crippen molar-refractivity contribution in [3.8, 4) is 5.75 Å². The van der Waals surface area contributed by atoms with Crippen molar-refractivity contribution in [2.45, 2.75) is 63.5 Å². The average molecular weight is 415 g/mol. The molecule has 1 aromatic rings. The van der Waals surface area contributed by atoms with E-state index >= 15 is 0 Å². The smallest absolute Gasteiger partial charge is 0.407 e. The second-order valence-electron chi connectivity index (χ2n) is 7.98. The number of halogens is 2. The van der Waals surface area contributed by atoms with Crippen LogP contribution in [0.1, 0.15) is 33.6 Å². The van der Waals surface area contributed by atoms with Crippen molar-refractivity contribution in [3.05, 3.63) is 29.0 Å². The molecule has 0 unspecified atom stereocenters. The average Bonchev–Trinajstić information content (AvgIpc) is 3.14. The van der Waals surface area contributed by atoms with Crippen LogP contribution in [0.2, 0.25) is 5.02 Å². The van der Waals surface area contributed by atoms with Crippen molar-refractivity contribution in [1.29, 1.82) is 0 Å². The summed E-state index contributed by atoms with van der Waals surface area (Å²) >= 11 is 5.61. The van der Waals surface area contributed by atoms with Gasteiger partial charge in [0.05, 0.1) is 29.3 Å². The molecule has 0 saturated carbocycles. The highest BCUT2D eigenvalue weighted by atomic mass is 35.5. The first kappa shape index (κ1) is 20.7. The molecule has 2 bridgehead atoms. The fourth-order valence-electron chi connectivity index (χ4n) is 3.38. The number of fused-ring (bicyclic) bond motifs is 2. The summed E-state index contributed by atoms with van der Waals surface area (Å²) in [6.07, 6.45) is 0.360. The largest absolute Gasteiger partial charge is 0.484 e. The van der Waals surface area contributed by atoms with Crippen LogP contribution in [-0.4, -0.2) is 48.5 Å². The zero-order chi connectivity index (χ0) is 20.5. The first-order chi connectivity index (χ1) is 13.1. The molecule has 2 amide bonds. The molecular weight excluding hydrogens is 391 g/mol. The van der Waals surface area contributed by atoms with Gasteiger partial charge in [0.15, 0.2) is 6.61 Å². The normalized spacial score (nSPS) is 26.0. The molecule has 3 rings (SSSR count). The van der Waals surface area contributed by atoms with E-state index < -0.39 is 17.5 Å². The lowest BCUT2D eigenvalue weighted by Gasteiger charge is -2.27. The van der Waals surface area contributed by atoms with Crippen LogP contribution in [0.4, 0.5) is 9.18 Å². The number of carbonyl (C=O) groups excluding carboxylic acids is 2. The van der Waals surface area contributed by atoms with Crippen LogP contribution in [0.5, 0.6) is 5.75 Å². The van der Waals surface area contributed by atoms with E-state index in [0.29, 0.717) is 12.8 Å². The summed E-state index contributed by atoms with van der Waals surface area (Å²) < 4.78 is 29.8. The van der Waals surface area contributed by atoms with Crippen LogP contribution in [0.25, 0.3) is 0 Å². The molecule has 0 radical (unpaired) electrons. The van der Waals surface area contributed by atoms with E-state index in [1.807, 2.05) is 0 Å². The molecule has 9 heteroatoms. The predicted molar refractivity (Wildman–Crippen MR) is 99.9 cm³/mol. The molecule has 2 saturated heterocycles. The second kappa shape index (κ2) is 8.13. The number of benzene rings is 1. The second-order valence-corrected chi connectivity index (χ2v) is 8.38. The molecule has 2 fully saturated rings. The number of alkyl carbamates (subject to hydrolysis) is 1. The van der Waals surface area contributed by atoms with Crippen molar-refractivity contribution >= 4 is 23.6 Å². The first-order valence-corrected chi connectivity index (χ1v) is 9.51. The number of amides is 2. The van der Waals surface area contributed by atoms with Gasteiger partial charge in [-0.1, -0.05) is 11.6 Å². The Morgan fingerprint density at radius 1 is 1.21 bits per heavy atom. The Bertz CT molecular complexity index is 754. The van der Waals surface area contributed by atoms with Crippen molar-refractivity contribution < 1.29 is 28.2 Å². The van der Waals surface area contributed by atoms with Gasteiger partial charge in [-0.15, -0.1) is 0 Å². The Labute approximate surface area is 167 Å². The quantitative estimate of drug-likeness (QED) is 0.773. The van der Waals surface area contributed by atoms with Gasteiger partial charge in [-0.3, -0.25) is 4.79 Å². The fourth-order valence-corrected chi connectivity index (χ4v) is 3.50. The molecular formula is C19H24ClFN2O5. The first-order valence-electron chi connectivity index (χ1n) is 9.13. The van der Waals surface area contributed by atoms with Gasteiger partial charge in [0, 0.05) is 6.07 Å². The minimum atomic E-state index is -0.607. The number of hydrogen-bond donors (Lipinski definition) is 2. The van der Waals surface area contributed by atoms with Crippen molar-refractivity contribution in [1.82, 2.24) is 10.6 Å². The Balaban J connectivity index is 1.42. The Kier molecular flexibility index (Phi) is 6.00. The molecule has 0 aromatic heterocycles. The predicted octanol–water partition coefficient (Wildman–Crippen LogP) is 2.80. The summed E-state index contributed by atoms with van der Waals surface area (Å²) in [4.78, 5) is 24.0. The van der Waals surface area contributed by atoms with Gasteiger partial charge in [0.1, 0.15) is 17.2 Å². The van der Waals surface area contributed by atoms with E-state index in [4.69, 9.17) is 25.8 Å². The van der Waals surface area contributed by atoms with Gasteiger partial charge >= 0.3 is 6.09 Å². The number of carbonyl (C=O) groups is 2. The number of hydrogen-bond acceptors (Lipinski definition) is 5. The van der Waals surface area contributed by atoms with Crippen LogP contribution >= 0.6 is 11.6 Å². The molecule has 0 aliphatic carbocycles. The van der Waals surface area contributed by atoms with E-state index in [-0.39, 0.29) is 47.6 Å². The standard InChI is InChI=1S/C19H24ClFN2O5/c1-19(2,3)28-18(25)23-14-8-15-13(7-16(14)27-15)22-17(24)9-26-10-4-5-11(20)12(21)6-10/h4-6,13-16H,7-9H2,1-3H3,(H,22,24)(H,23,25)/t13-,14-,15+,16+/m0/s1. The van der Waals surface area contributed by atoms with E-state index in [1.54, 1.807) is 20.8 Å². The zero-order valence-electron chi connectivity index (χ0n) is 16.0. The van der Waals surface area contributed by atoms with Crippen LogP contribution in [0, 0.1) is 5.82 Å². The monoisotopic (exact) mass is 414 g/mol. The van der Waals surface area contributed by atoms with Gasteiger partial charge in [-0.25, -0.2) is 9.18 Å². The lowest BCUT2D eigenvalue weighted by atomic mass is 9.91. The third kappa shape index (κ3) is 5.26. The Morgan fingerprint density at radius 3 is 2.43 bits per heavy atom. The molecule has 154 valence electrons. The topological polar surface area (TPSA) is 85.9 Å². The highest BCUT2D eigenvalue weighted by molar-refractivity contribution is 6.30. The zero-order valence-corrected chi connectivity index (χ0v) is 16.7. The summed E-state index contributed by atoms with van der Waals surface area (Å²) in [6, 6.07) is 3.70. The molecule has 2 N–H and O–H groups in total. The molecule has 1 aromatic carbocycles. The maximum Gasteiger partial charge on any atom is 0.407 e. The molecule has 28 heavy (non-hydrogen) atoms. The molecule has 2 aliphatic rings. The third-order valence-corrected chi connectivity index (χ3v) is 4.84. The summed E-state index contributed by atoms with van der Waals surface area (Å²) in [5.74, 6) is -0.708. The van der Waals surface area contributed by atoms with Gasteiger partial charge in [-0.05, 0) is 45.7 Å². The van der Waals surface area contributed by atoms with Crippen molar-refractivity contribution in [3.63, 3.8) is 0 Å². The van der Waals surface area contributed by atoms with Crippen LogP contribution in [0.15, 0.2) is 18.2 Å².